The summed E-state index contributed by atoms with van der Waals surface area (Å²) in [6.07, 6.45) is 0. The number of esters is 1. The summed E-state index contributed by atoms with van der Waals surface area (Å²) in [5.74, 6) is -0.159. The van der Waals surface area contributed by atoms with Crippen LogP contribution in [0.1, 0.15) is 16.5 Å². The second-order valence-electron chi connectivity index (χ2n) is 4.34. The minimum atomic E-state index is -0.572. The van der Waals surface area contributed by atoms with Gasteiger partial charge in [0.1, 0.15) is 10.9 Å². The van der Waals surface area contributed by atoms with Gasteiger partial charge in [0.2, 0.25) is 5.16 Å². The maximum absolute atomic E-state index is 12.0. The van der Waals surface area contributed by atoms with E-state index < -0.39 is 5.25 Å². The van der Waals surface area contributed by atoms with E-state index in [1.165, 1.54) is 34.7 Å². The number of hydrogen-bond acceptors (Lipinski definition) is 8. The zero-order valence-corrected chi connectivity index (χ0v) is 13.3. The van der Waals surface area contributed by atoms with Gasteiger partial charge in [-0.2, -0.15) is 21.0 Å². The van der Waals surface area contributed by atoms with Crippen LogP contribution in [0, 0.1) is 6.92 Å². The molecule has 0 radical (unpaired) electrons. The number of aromatic amines is 1. The molecule has 22 heavy (non-hydrogen) atoms. The van der Waals surface area contributed by atoms with Crippen molar-refractivity contribution < 1.29 is 9.53 Å². The van der Waals surface area contributed by atoms with E-state index in [9.17, 15) is 9.59 Å². The normalized spacial score (nSPS) is 12.5. The molecule has 0 fully saturated rings. The molecule has 3 heterocycles. The first-order chi connectivity index (χ1) is 10.6. The zero-order chi connectivity index (χ0) is 15.7. The summed E-state index contributed by atoms with van der Waals surface area (Å²) in [6.45, 7) is 1.59. The fourth-order valence-corrected chi connectivity index (χ4v) is 3.56. The number of nitrogens with one attached hydrogen (secondary N) is 1. The fraction of sp³-hybridized carbons (Fsp3) is 0.250. The third-order valence-electron chi connectivity index (χ3n) is 2.90. The molecular weight excluding hydrogens is 326 g/mol. The quantitative estimate of drug-likeness (QED) is 0.563. The molecule has 0 aromatic carbocycles. The van der Waals surface area contributed by atoms with Gasteiger partial charge in [0.15, 0.2) is 0 Å². The van der Waals surface area contributed by atoms with Crippen LogP contribution in [0.4, 0.5) is 0 Å². The average Bonchev–Trinajstić information content (AvgIpc) is 3.15. The summed E-state index contributed by atoms with van der Waals surface area (Å²) >= 11 is 2.66. The van der Waals surface area contributed by atoms with Crippen molar-refractivity contribution in [2.75, 3.05) is 7.11 Å². The molecule has 8 nitrogen and oxygen atoms in total. The topological polar surface area (TPSA) is 102 Å². The van der Waals surface area contributed by atoms with Crippen molar-refractivity contribution in [3.8, 4) is 0 Å². The van der Waals surface area contributed by atoms with Gasteiger partial charge in [-0.05, 0) is 29.3 Å². The summed E-state index contributed by atoms with van der Waals surface area (Å²) in [5.41, 5.74) is 0.790. The second kappa shape index (κ2) is 5.89. The number of aryl methyl sites for hydroxylation is 1. The van der Waals surface area contributed by atoms with E-state index >= 15 is 0 Å². The Morgan fingerprint density at radius 3 is 3.00 bits per heavy atom. The smallest absolute Gasteiger partial charge is 0.323 e. The van der Waals surface area contributed by atoms with E-state index in [1.54, 1.807) is 6.92 Å². The van der Waals surface area contributed by atoms with Crippen molar-refractivity contribution in [3.05, 3.63) is 38.4 Å². The lowest BCUT2D eigenvalue weighted by molar-refractivity contribution is -0.140. The van der Waals surface area contributed by atoms with Crippen LogP contribution in [-0.2, 0) is 9.53 Å². The molecular formula is C12H11N5O3S2. The number of thioether (sulfide) groups is 1. The number of aromatic nitrogens is 5. The third-order valence-corrected chi connectivity index (χ3v) is 4.77. The highest BCUT2D eigenvalue weighted by Gasteiger charge is 2.26. The first kappa shape index (κ1) is 14.7. The number of fused-ring (bicyclic) bond motifs is 1. The first-order valence-corrected chi connectivity index (χ1v) is 8.01. The van der Waals surface area contributed by atoms with E-state index in [4.69, 9.17) is 4.74 Å². The van der Waals surface area contributed by atoms with Crippen LogP contribution in [0.15, 0.2) is 26.8 Å². The molecule has 0 aliphatic heterocycles. The first-order valence-electron chi connectivity index (χ1n) is 6.19. The molecule has 3 aromatic rings. The Morgan fingerprint density at radius 2 is 2.32 bits per heavy atom. The number of rotatable bonds is 4. The van der Waals surface area contributed by atoms with Gasteiger partial charge in [-0.1, -0.05) is 11.8 Å². The van der Waals surface area contributed by atoms with Crippen molar-refractivity contribution in [1.82, 2.24) is 24.8 Å². The van der Waals surface area contributed by atoms with Gasteiger partial charge in [0.05, 0.1) is 7.11 Å². The fourth-order valence-electron chi connectivity index (χ4n) is 1.78. The maximum Gasteiger partial charge on any atom is 0.323 e. The monoisotopic (exact) mass is 337 g/mol. The van der Waals surface area contributed by atoms with Crippen LogP contribution in [0.25, 0.3) is 5.78 Å². The van der Waals surface area contributed by atoms with Crippen molar-refractivity contribution >= 4 is 34.8 Å². The molecule has 0 aliphatic rings. The van der Waals surface area contributed by atoms with E-state index in [-0.39, 0.29) is 17.3 Å². The lowest BCUT2D eigenvalue weighted by atomic mass is 10.2. The Bertz CT molecular complexity index is 871. The van der Waals surface area contributed by atoms with E-state index in [2.05, 4.69) is 20.3 Å². The van der Waals surface area contributed by atoms with Crippen LogP contribution in [0.2, 0.25) is 0 Å². The highest BCUT2D eigenvalue weighted by Crippen LogP contribution is 2.35. The SMILES string of the molecule is COC(=O)C(Sc1nnc2[nH]c(=O)c(C)nn12)c1ccsc1. The summed E-state index contributed by atoms with van der Waals surface area (Å²) in [4.78, 5) is 26.1. The lowest BCUT2D eigenvalue weighted by Gasteiger charge is -2.11. The molecule has 0 bridgehead atoms. The van der Waals surface area contributed by atoms with Gasteiger partial charge in [-0.25, -0.2) is 0 Å². The Labute approximate surface area is 132 Å². The van der Waals surface area contributed by atoms with Gasteiger partial charge < -0.3 is 4.74 Å². The molecule has 114 valence electrons. The van der Waals surface area contributed by atoms with Gasteiger partial charge in [0, 0.05) is 0 Å². The molecule has 0 saturated heterocycles. The standard InChI is InChI=1S/C12H11N5O3S2/c1-6-9(18)13-11-14-15-12(17(11)16-6)22-8(10(19)20-2)7-3-4-21-5-7/h3-5,8H,1-2H3,(H,13,14,18). The molecule has 0 saturated carbocycles. The van der Waals surface area contributed by atoms with Gasteiger partial charge in [0.25, 0.3) is 11.3 Å². The van der Waals surface area contributed by atoms with Crippen molar-refractivity contribution in [2.24, 2.45) is 0 Å². The highest BCUT2D eigenvalue weighted by molar-refractivity contribution is 8.00. The predicted molar refractivity (Wildman–Crippen MR) is 81.1 cm³/mol. The van der Waals surface area contributed by atoms with Gasteiger partial charge in [-0.15, -0.1) is 10.2 Å². The number of H-pyrrole nitrogens is 1. The Hall–Kier alpha value is -2.20. The summed E-state index contributed by atoms with van der Waals surface area (Å²) in [7, 11) is 1.34. The molecule has 1 atom stereocenters. The summed E-state index contributed by atoms with van der Waals surface area (Å²) < 4.78 is 6.26. The number of nitrogens with zero attached hydrogens (tertiary/aromatic N) is 4. The molecule has 0 spiro atoms. The molecule has 0 amide bonds. The minimum Gasteiger partial charge on any atom is -0.468 e. The summed E-state index contributed by atoms with van der Waals surface area (Å²) in [5, 5.41) is 15.6. The number of ether oxygens (including phenoxy) is 1. The van der Waals surface area contributed by atoms with E-state index in [0.717, 1.165) is 5.56 Å². The van der Waals surface area contributed by atoms with Crippen LogP contribution >= 0.6 is 23.1 Å². The Kier molecular flexibility index (Phi) is 3.94. The second-order valence-corrected chi connectivity index (χ2v) is 6.19. The lowest BCUT2D eigenvalue weighted by Crippen LogP contribution is -2.16. The highest BCUT2D eigenvalue weighted by atomic mass is 32.2. The number of carbonyl (C=O) groups excluding carboxylic acids is 1. The molecule has 3 aromatic heterocycles. The van der Waals surface area contributed by atoms with Crippen LogP contribution < -0.4 is 5.56 Å². The molecule has 0 aliphatic carbocycles. The average molecular weight is 337 g/mol. The number of methoxy groups -OCH3 is 1. The van der Waals surface area contributed by atoms with Gasteiger partial charge >= 0.3 is 5.97 Å². The third kappa shape index (κ3) is 2.62. The van der Waals surface area contributed by atoms with E-state index in [0.29, 0.717) is 10.9 Å². The van der Waals surface area contributed by atoms with Crippen LogP contribution in [-0.4, -0.2) is 37.9 Å². The minimum absolute atomic E-state index is 0.229. The molecule has 1 unspecified atom stereocenters. The Balaban J connectivity index is 2.01. The van der Waals surface area contributed by atoms with Crippen molar-refractivity contribution in [1.29, 1.82) is 0 Å². The molecule has 10 heteroatoms. The zero-order valence-electron chi connectivity index (χ0n) is 11.6. The number of hydrogen-bond donors (Lipinski definition) is 1. The maximum atomic E-state index is 12.0. The van der Waals surface area contributed by atoms with Crippen LogP contribution in [0.3, 0.4) is 0 Å². The largest absolute Gasteiger partial charge is 0.468 e. The molecule has 3 rings (SSSR count). The van der Waals surface area contributed by atoms with Crippen LogP contribution in [0.5, 0.6) is 0 Å². The number of thiophene rings is 1. The van der Waals surface area contributed by atoms with Crippen molar-refractivity contribution in [2.45, 2.75) is 17.3 Å². The van der Waals surface area contributed by atoms with E-state index in [1.807, 2.05) is 16.8 Å². The van der Waals surface area contributed by atoms with Gasteiger partial charge in [-0.3, -0.25) is 14.6 Å². The summed E-state index contributed by atoms with van der Waals surface area (Å²) in [6, 6.07) is 1.85. The predicted octanol–water partition coefficient (Wildman–Crippen LogP) is 1.19. The number of carbonyl (C=O) groups is 1. The molecule has 1 N–H and O–H groups in total. The van der Waals surface area contributed by atoms with Crippen molar-refractivity contribution in [3.63, 3.8) is 0 Å². The Morgan fingerprint density at radius 1 is 1.50 bits per heavy atom.